The van der Waals surface area contributed by atoms with Gasteiger partial charge in [-0.2, -0.15) is 0 Å². The van der Waals surface area contributed by atoms with Crippen LogP contribution in [0.5, 0.6) is 0 Å². The number of carboxylic acid groups (broad SMARTS) is 1. The summed E-state index contributed by atoms with van der Waals surface area (Å²) in [6, 6.07) is 0. The maximum Gasteiger partial charge on any atom is 0.311 e. The maximum absolute atomic E-state index is 11.2. The zero-order valence-electron chi connectivity index (χ0n) is 11.9. The van der Waals surface area contributed by atoms with E-state index in [2.05, 4.69) is 4.90 Å². The van der Waals surface area contributed by atoms with Gasteiger partial charge in [0.2, 0.25) is 0 Å². The lowest BCUT2D eigenvalue weighted by Gasteiger charge is -2.31. The number of hydrogen-bond donors (Lipinski definition) is 1. The van der Waals surface area contributed by atoms with Crippen LogP contribution in [0.15, 0.2) is 0 Å². The van der Waals surface area contributed by atoms with Crippen LogP contribution in [0.1, 0.15) is 39.5 Å². The number of hydrogen-bond acceptors (Lipinski definition) is 4. The van der Waals surface area contributed by atoms with E-state index < -0.39 is 17.7 Å². The second-order valence-electron chi connectivity index (χ2n) is 5.73. The zero-order valence-corrected chi connectivity index (χ0v) is 11.9. The van der Waals surface area contributed by atoms with Gasteiger partial charge in [0, 0.05) is 6.54 Å². The summed E-state index contributed by atoms with van der Waals surface area (Å²) in [5, 5.41) is 9.24. The van der Waals surface area contributed by atoms with Crippen molar-refractivity contribution in [1.82, 2.24) is 4.90 Å². The molecule has 0 aromatic heterocycles. The molecule has 0 aliphatic carbocycles. The van der Waals surface area contributed by atoms with Crippen LogP contribution in [0, 0.1) is 5.92 Å². The van der Waals surface area contributed by atoms with E-state index in [0.29, 0.717) is 13.0 Å². The first-order chi connectivity index (χ1) is 9.05. The Morgan fingerprint density at radius 3 is 2.68 bits per heavy atom. The van der Waals surface area contributed by atoms with Crippen LogP contribution in [-0.4, -0.2) is 54.1 Å². The molecule has 2 aliphatic rings. The van der Waals surface area contributed by atoms with Crippen molar-refractivity contribution in [2.24, 2.45) is 5.92 Å². The van der Waals surface area contributed by atoms with Crippen LogP contribution < -0.4 is 0 Å². The Bertz CT molecular complexity index is 317. The highest BCUT2D eigenvalue weighted by Gasteiger charge is 2.46. The third kappa shape index (κ3) is 3.46. The van der Waals surface area contributed by atoms with Gasteiger partial charge in [-0.25, -0.2) is 0 Å². The molecule has 3 atom stereocenters. The molecular weight excluding hydrogens is 246 g/mol. The van der Waals surface area contributed by atoms with E-state index in [1.807, 2.05) is 6.92 Å². The third-order valence-corrected chi connectivity index (χ3v) is 4.21. The van der Waals surface area contributed by atoms with E-state index in [9.17, 15) is 9.90 Å². The van der Waals surface area contributed by atoms with Gasteiger partial charge < -0.3 is 19.5 Å². The minimum absolute atomic E-state index is 0.00324. The molecule has 0 aromatic carbocycles. The van der Waals surface area contributed by atoms with E-state index in [1.54, 1.807) is 6.92 Å². The SMILES string of the molecule is CCC(C(=O)O)C1(C)OCC(CN2CCCCC2)O1. The molecule has 0 saturated carbocycles. The first-order valence-electron chi connectivity index (χ1n) is 7.32. The number of likely N-dealkylation sites (tertiary alicyclic amines) is 1. The van der Waals surface area contributed by atoms with E-state index in [0.717, 1.165) is 19.6 Å². The van der Waals surface area contributed by atoms with Crippen molar-refractivity contribution in [3.8, 4) is 0 Å². The molecule has 3 unspecified atom stereocenters. The number of carbonyl (C=O) groups is 1. The van der Waals surface area contributed by atoms with Gasteiger partial charge >= 0.3 is 5.97 Å². The molecule has 2 saturated heterocycles. The normalized spacial score (nSPS) is 34.3. The fourth-order valence-corrected chi connectivity index (χ4v) is 3.13. The van der Waals surface area contributed by atoms with Crippen LogP contribution in [0.4, 0.5) is 0 Å². The Hall–Kier alpha value is -0.650. The first kappa shape index (κ1) is 14.8. The van der Waals surface area contributed by atoms with Crippen molar-refractivity contribution in [3.05, 3.63) is 0 Å². The topological polar surface area (TPSA) is 59.0 Å². The van der Waals surface area contributed by atoms with Crippen molar-refractivity contribution in [1.29, 1.82) is 0 Å². The van der Waals surface area contributed by atoms with Crippen LogP contribution in [0.2, 0.25) is 0 Å². The van der Waals surface area contributed by atoms with Crippen molar-refractivity contribution in [3.63, 3.8) is 0 Å². The van der Waals surface area contributed by atoms with Crippen LogP contribution in [-0.2, 0) is 14.3 Å². The fourth-order valence-electron chi connectivity index (χ4n) is 3.13. The minimum Gasteiger partial charge on any atom is -0.481 e. The number of carboxylic acids is 1. The lowest BCUT2D eigenvalue weighted by molar-refractivity contribution is -0.204. The summed E-state index contributed by atoms with van der Waals surface area (Å²) in [5.74, 6) is -2.41. The second kappa shape index (κ2) is 6.20. The summed E-state index contributed by atoms with van der Waals surface area (Å²) >= 11 is 0. The molecule has 0 amide bonds. The quantitative estimate of drug-likeness (QED) is 0.825. The van der Waals surface area contributed by atoms with Crippen molar-refractivity contribution in [2.45, 2.75) is 51.4 Å². The van der Waals surface area contributed by atoms with Gasteiger partial charge in [-0.1, -0.05) is 13.3 Å². The number of ether oxygens (including phenoxy) is 2. The minimum atomic E-state index is -0.971. The number of piperidine rings is 1. The Kier molecular flexibility index (Phi) is 4.81. The second-order valence-corrected chi connectivity index (χ2v) is 5.73. The Labute approximate surface area is 114 Å². The highest BCUT2D eigenvalue weighted by molar-refractivity contribution is 5.71. The van der Waals surface area contributed by atoms with Gasteiger partial charge in [0.05, 0.1) is 12.7 Å². The summed E-state index contributed by atoms with van der Waals surface area (Å²) in [6.45, 7) is 7.20. The molecule has 110 valence electrons. The van der Waals surface area contributed by atoms with E-state index in [4.69, 9.17) is 9.47 Å². The van der Waals surface area contributed by atoms with Gasteiger partial charge in [0.25, 0.3) is 0 Å². The zero-order chi connectivity index (χ0) is 13.9. The van der Waals surface area contributed by atoms with E-state index in [1.165, 1.54) is 19.3 Å². The summed E-state index contributed by atoms with van der Waals surface area (Å²) in [7, 11) is 0. The molecule has 1 N–H and O–H groups in total. The fraction of sp³-hybridized carbons (Fsp3) is 0.929. The molecule has 0 radical (unpaired) electrons. The van der Waals surface area contributed by atoms with Crippen molar-refractivity contribution in [2.75, 3.05) is 26.2 Å². The van der Waals surface area contributed by atoms with Crippen LogP contribution >= 0.6 is 0 Å². The van der Waals surface area contributed by atoms with Crippen molar-refractivity contribution < 1.29 is 19.4 Å². The Morgan fingerprint density at radius 2 is 2.11 bits per heavy atom. The number of aliphatic carboxylic acids is 1. The number of nitrogens with zero attached hydrogens (tertiary/aromatic N) is 1. The number of rotatable bonds is 5. The average molecular weight is 271 g/mol. The molecule has 5 heteroatoms. The molecule has 2 aliphatic heterocycles. The van der Waals surface area contributed by atoms with Gasteiger partial charge in [-0.05, 0) is 39.3 Å². The molecular formula is C14H25NO4. The Morgan fingerprint density at radius 1 is 1.42 bits per heavy atom. The third-order valence-electron chi connectivity index (χ3n) is 4.21. The summed E-state index contributed by atoms with van der Waals surface area (Å²) in [5.41, 5.74) is 0. The van der Waals surface area contributed by atoms with Gasteiger partial charge in [0.1, 0.15) is 5.92 Å². The highest BCUT2D eigenvalue weighted by Crippen LogP contribution is 2.33. The molecule has 19 heavy (non-hydrogen) atoms. The maximum atomic E-state index is 11.2. The van der Waals surface area contributed by atoms with E-state index >= 15 is 0 Å². The molecule has 2 fully saturated rings. The van der Waals surface area contributed by atoms with Gasteiger partial charge in [-0.15, -0.1) is 0 Å². The monoisotopic (exact) mass is 271 g/mol. The van der Waals surface area contributed by atoms with Gasteiger partial charge in [0.15, 0.2) is 5.79 Å². The molecule has 0 bridgehead atoms. The first-order valence-corrected chi connectivity index (χ1v) is 7.32. The van der Waals surface area contributed by atoms with E-state index in [-0.39, 0.29) is 6.10 Å². The van der Waals surface area contributed by atoms with Crippen LogP contribution in [0.25, 0.3) is 0 Å². The van der Waals surface area contributed by atoms with Gasteiger partial charge in [-0.3, -0.25) is 4.79 Å². The lowest BCUT2D eigenvalue weighted by Crippen LogP contribution is -2.42. The molecule has 0 aromatic rings. The average Bonchev–Trinajstić information content (AvgIpc) is 2.73. The smallest absolute Gasteiger partial charge is 0.311 e. The molecule has 2 rings (SSSR count). The van der Waals surface area contributed by atoms with Crippen molar-refractivity contribution >= 4 is 5.97 Å². The largest absolute Gasteiger partial charge is 0.481 e. The predicted molar refractivity (Wildman–Crippen MR) is 70.9 cm³/mol. The Balaban J connectivity index is 1.89. The highest BCUT2D eigenvalue weighted by atomic mass is 16.7. The standard InChI is InChI=1S/C14H25NO4/c1-3-12(13(16)17)14(2)18-10-11(19-14)9-15-7-5-4-6-8-15/h11-12H,3-10H2,1-2H3,(H,16,17). The van der Waals surface area contributed by atoms with Crippen LogP contribution in [0.3, 0.4) is 0 Å². The molecule has 5 nitrogen and oxygen atoms in total. The predicted octanol–water partition coefficient (Wildman–Crippen LogP) is 1.71. The molecule has 0 spiro atoms. The summed E-state index contributed by atoms with van der Waals surface area (Å²) in [6.07, 6.45) is 4.32. The summed E-state index contributed by atoms with van der Waals surface area (Å²) < 4.78 is 11.6. The molecule has 2 heterocycles. The summed E-state index contributed by atoms with van der Waals surface area (Å²) in [4.78, 5) is 13.6. The lowest BCUT2D eigenvalue weighted by atomic mass is 9.97.